The van der Waals surface area contributed by atoms with Gasteiger partial charge < -0.3 is 10.4 Å². The number of hydrogen-bond acceptors (Lipinski definition) is 2. The number of benzene rings is 1. The lowest BCUT2D eigenvalue weighted by Crippen LogP contribution is -2.52. The molecule has 0 saturated heterocycles. The van der Waals surface area contributed by atoms with Gasteiger partial charge in [0.25, 0.3) is 5.91 Å². The molecular weight excluding hydrogens is 230 g/mol. The molecule has 0 spiro atoms. The highest BCUT2D eigenvalue weighted by Crippen LogP contribution is 2.15. The van der Waals surface area contributed by atoms with E-state index in [1.165, 1.54) is 0 Å². The molecule has 0 aliphatic rings. The van der Waals surface area contributed by atoms with Crippen molar-refractivity contribution in [2.45, 2.75) is 38.6 Å². The SMILES string of the molecule is CCCC[C@@](C)(NC(=O)c1ccccc1)C(=O)O. The van der Waals surface area contributed by atoms with Crippen LogP contribution in [0.25, 0.3) is 0 Å². The number of amides is 1. The number of carboxylic acid groups (broad SMARTS) is 1. The molecule has 1 aromatic carbocycles. The summed E-state index contributed by atoms with van der Waals surface area (Å²) in [6, 6.07) is 8.64. The highest BCUT2D eigenvalue weighted by atomic mass is 16.4. The number of carbonyl (C=O) groups is 2. The van der Waals surface area contributed by atoms with Gasteiger partial charge in [-0.05, 0) is 25.5 Å². The van der Waals surface area contributed by atoms with Gasteiger partial charge in [-0.1, -0.05) is 38.0 Å². The topological polar surface area (TPSA) is 66.4 Å². The summed E-state index contributed by atoms with van der Waals surface area (Å²) in [5, 5.41) is 11.8. The van der Waals surface area contributed by atoms with Gasteiger partial charge in [-0.25, -0.2) is 4.79 Å². The third-order valence-electron chi connectivity index (χ3n) is 2.93. The highest BCUT2D eigenvalue weighted by Gasteiger charge is 2.34. The Hall–Kier alpha value is -1.84. The van der Waals surface area contributed by atoms with Crippen LogP contribution in [0.3, 0.4) is 0 Å². The molecular formula is C14H19NO3. The van der Waals surface area contributed by atoms with Gasteiger partial charge >= 0.3 is 5.97 Å². The van der Waals surface area contributed by atoms with Crippen LogP contribution in [0.15, 0.2) is 30.3 Å². The predicted molar refractivity (Wildman–Crippen MR) is 69.5 cm³/mol. The first-order valence-electron chi connectivity index (χ1n) is 6.10. The van der Waals surface area contributed by atoms with Crippen molar-refractivity contribution in [3.05, 3.63) is 35.9 Å². The summed E-state index contributed by atoms with van der Waals surface area (Å²) >= 11 is 0. The fraction of sp³-hybridized carbons (Fsp3) is 0.429. The average Bonchev–Trinajstić information content (AvgIpc) is 2.37. The number of unbranched alkanes of at least 4 members (excludes halogenated alkanes) is 1. The summed E-state index contributed by atoms with van der Waals surface area (Å²) in [4.78, 5) is 23.2. The van der Waals surface area contributed by atoms with Crippen LogP contribution in [-0.2, 0) is 4.79 Å². The van der Waals surface area contributed by atoms with E-state index in [0.29, 0.717) is 12.0 Å². The molecule has 98 valence electrons. The molecule has 4 nitrogen and oxygen atoms in total. The number of rotatable bonds is 6. The fourth-order valence-corrected chi connectivity index (χ4v) is 1.67. The lowest BCUT2D eigenvalue weighted by Gasteiger charge is -2.26. The molecule has 1 amide bonds. The molecule has 0 saturated carbocycles. The second-order valence-corrected chi connectivity index (χ2v) is 4.56. The molecule has 0 fully saturated rings. The van der Waals surface area contributed by atoms with E-state index in [9.17, 15) is 14.7 Å². The molecule has 2 N–H and O–H groups in total. The molecule has 18 heavy (non-hydrogen) atoms. The maximum absolute atomic E-state index is 12.0. The summed E-state index contributed by atoms with van der Waals surface area (Å²) < 4.78 is 0. The van der Waals surface area contributed by atoms with Crippen molar-refractivity contribution in [1.29, 1.82) is 0 Å². The average molecular weight is 249 g/mol. The van der Waals surface area contributed by atoms with Crippen LogP contribution in [0.5, 0.6) is 0 Å². The maximum Gasteiger partial charge on any atom is 0.329 e. The summed E-state index contributed by atoms with van der Waals surface area (Å²) in [5.74, 6) is -1.35. The summed E-state index contributed by atoms with van der Waals surface area (Å²) in [7, 11) is 0. The quantitative estimate of drug-likeness (QED) is 0.813. The van der Waals surface area contributed by atoms with E-state index >= 15 is 0 Å². The van der Waals surface area contributed by atoms with Crippen molar-refractivity contribution in [2.75, 3.05) is 0 Å². The summed E-state index contributed by atoms with van der Waals surface area (Å²) in [5.41, 5.74) is -0.732. The first kappa shape index (κ1) is 14.2. The van der Waals surface area contributed by atoms with Gasteiger partial charge in [-0.2, -0.15) is 0 Å². The second kappa shape index (κ2) is 6.19. The third kappa shape index (κ3) is 3.58. The number of nitrogens with one attached hydrogen (secondary N) is 1. The highest BCUT2D eigenvalue weighted by molar-refractivity contribution is 5.97. The Morgan fingerprint density at radius 3 is 2.39 bits per heavy atom. The zero-order chi connectivity index (χ0) is 13.6. The largest absolute Gasteiger partial charge is 0.480 e. The van der Waals surface area contributed by atoms with Gasteiger partial charge in [0.2, 0.25) is 0 Å². The van der Waals surface area contributed by atoms with Crippen molar-refractivity contribution < 1.29 is 14.7 Å². The van der Waals surface area contributed by atoms with Crippen molar-refractivity contribution in [1.82, 2.24) is 5.32 Å². The minimum Gasteiger partial charge on any atom is -0.480 e. The molecule has 1 rings (SSSR count). The first-order valence-corrected chi connectivity index (χ1v) is 6.10. The molecule has 1 atom stereocenters. The minimum absolute atomic E-state index is 0.350. The summed E-state index contributed by atoms with van der Waals surface area (Å²) in [6.07, 6.45) is 2.08. The molecule has 4 heteroatoms. The van der Waals surface area contributed by atoms with Crippen molar-refractivity contribution in [2.24, 2.45) is 0 Å². The van der Waals surface area contributed by atoms with Crippen molar-refractivity contribution >= 4 is 11.9 Å². The molecule has 0 bridgehead atoms. The third-order valence-corrected chi connectivity index (χ3v) is 2.93. The van der Waals surface area contributed by atoms with E-state index < -0.39 is 11.5 Å². The Morgan fingerprint density at radius 1 is 1.28 bits per heavy atom. The van der Waals surface area contributed by atoms with Crippen molar-refractivity contribution in [3.8, 4) is 0 Å². The fourth-order valence-electron chi connectivity index (χ4n) is 1.67. The Bertz CT molecular complexity index is 416. The van der Waals surface area contributed by atoms with Gasteiger partial charge in [0.05, 0.1) is 0 Å². The first-order chi connectivity index (χ1) is 8.49. The van der Waals surface area contributed by atoms with Crippen LogP contribution in [0.4, 0.5) is 0 Å². The zero-order valence-corrected chi connectivity index (χ0v) is 10.8. The zero-order valence-electron chi connectivity index (χ0n) is 10.8. The molecule has 0 unspecified atom stereocenters. The van der Waals surface area contributed by atoms with Gasteiger partial charge in [-0.15, -0.1) is 0 Å². The lowest BCUT2D eigenvalue weighted by molar-refractivity contribution is -0.144. The Morgan fingerprint density at radius 2 is 1.89 bits per heavy atom. The monoisotopic (exact) mass is 249 g/mol. The van der Waals surface area contributed by atoms with E-state index in [-0.39, 0.29) is 5.91 Å². The van der Waals surface area contributed by atoms with Gasteiger partial charge in [0, 0.05) is 5.56 Å². The number of hydrogen-bond donors (Lipinski definition) is 2. The summed E-state index contributed by atoms with van der Waals surface area (Å²) in [6.45, 7) is 3.53. The van der Waals surface area contributed by atoms with E-state index in [1.54, 1.807) is 31.2 Å². The predicted octanol–water partition coefficient (Wildman–Crippen LogP) is 2.45. The molecule has 0 heterocycles. The second-order valence-electron chi connectivity index (χ2n) is 4.56. The lowest BCUT2D eigenvalue weighted by atomic mass is 9.94. The van der Waals surface area contributed by atoms with E-state index in [1.807, 2.05) is 13.0 Å². The van der Waals surface area contributed by atoms with E-state index in [2.05, 4.69) is 5.32 Å². The van der Waals surface area contributed by atoms with Crippen LogP contribution < -0.4 is 5.32 Å². The number of aliphatic carboxylic acids is 1. The van der Waals surface area contributed by atoms with Crippen LogP contribution >= 0.6 is 0 Å². The number of carboxylic acids is 1. The standard InChI is InChI=1S/C14H19NO3/c1-3-4-10-14(2,13(17)18)15-12(16)11-8-6-5-7-9-11/h5-9H,3-4,10H2,1-2H3,(H,15,16)(H,17,18)/t14-/m1/s1. The van der Waals surface area contributed by atoms with Gasteiger partial charge in [0.1, 0.15) is 5.54 Å². The van der Waals surface area contributed by atoms with Crippen molar-refractivity contribution in [3.63, 3.8) is 0 Å². The van der Waals surface area contributed by atoms with Gasteiger partial charge in [0.15, 0.2) is 0 Å². The van der Waals surface area contributed by atoms with Crippen LogP contribution in [-0.4, -0.2) is 22.5 Å². The molecule has 0 aliphatic carbocycles. The van der Waals surface area contributed by atoms with E-state index in [0.717, 1.165) is 12.8 Å². The Balaban J connectivity index is 2.78. The Kier molecular flexibility index (Phi) is 4.89. The molecule has 0 aliphatic heterocycles. The molecule has 0 aromatic heterocycles. The minimum atomic E-state index is -1.21. The normalized spacial score (nSPS) is 13.7. The smallest absolute Gasteiger partial charge is 0.329 e. The molecule has 1 aromatic rings. The van der Waals surface area contributed by atoms with Crippen LogP contribution in [0, 0.1) is 0 Å². The van der Waals surface area contributed by atoms with Crippen LogP contribution in [0.2, 0.25) is 0 Å². The Labute approximate surface area is 107 Å². The van der Waals surface area contributed by atoms with E-state index in [4.69, 9.17) is 0 Å². The number of carbonyl (C=O) groups excluding carboxylic acids is 1. The van der Waals surface area contributed by atoms with Gasteiger partial charge in [-0.3, -0.25) is 4.79 Å². The maximum atomic E-state index is 12.0. The van der Waals surface area contributed by atoms with Crippen LogP contribution in [0.1, 0.15) is 43.5 Å². The molecule has 0 radical (unpaired) electrons.